The number of likely N-dealkylation sites (tertiary alicyclic amines) is 1. The van der Waals surface area contributed by atoms with Crippen LogP contribution in [0.3, 0.4) is 0 Å². The molecule has 6 nitrogen and oxygen atoms in total. The molecule has 0 atom stereocenters. The van der Waals surface area contributed by atoms with Gasteiger partial charge in [-0.15, -0.1) is 12.4 Å². The lowest BCUT2D eigenvalue weighted by atomic mass is 9.87. The van der Waals surface area contributed by atoms with E-state index < -0.39 is 17.6 Å². The monoisotopic (exact) mass is 621 g/mol. The summed E-state index contributed by atoms with van der Waals surface area (Å²) >= 11 is 11.8. The largest absolute Gasteiger partial charge is 0.416 e. The molecule has 2 aromatic heterocycles. The molecule has 1 amide bonds. The van der Waals surface area contributed by atoms with E-state index in [1.165, 1.54) is 24.4 Å². The second-order valence-corrected chi connectivity index (χ2v) is 10.4. The third kappa shape index (κ3) is 7.74. The Bertz CT molecular complexity index is 1490. The standard InChI is InChI=1S/C29H24Cl2F3N5O.ClH/c30-23-15-36-27(37-16-23)20-3-1-18(2-4-20)17-39-11-8-19(9-12-39)24-14-22(29(32,33)34)5-6-25(24)38-28(40)21-7-10-35-26(31)13-21;/h1-7,10,13-16,19H,8-9,11-12,17H2,(H,38,40);1H. The SMILES string of the molecule is Cl.O=C(Nc1ccc(C(F)(F)F)cc1C1CCN(Cc2ccc(-c3ncc(Cl)cn3)cc2)CC1)c1ccnc(Cl)c1. The summed E-state index contributed by atoms with van der Waals surface area (Å²) in [5, 5.41) is 3.41. The van der Waals surface area contributed by atoms with Gasteiger partial charge in [0.15, 0.2) is 5.82 Å². The Labute approximate surface area is 251 Å². The number of benzene rings is 2. The zero-order valence-corrected chi connectivity index (χ0v) is 23.9. The van der Waals surface area contributed by atoms with Gasteiger partial charge in [-0.05, 0) is 73.3 Å². The average Bonchev–Trinajstić information content (AvgIpc) is 2.94. The lowest BCUT2D eigenvalue weighted by molar-refractivity contribution is -0.137. The number of carbonyl (C=O) groups is 1. The minimum absolute atomic E-state index is 0. The molecule has 1 saturated heterocycles. The smallest absolute Gasteiger partial charge is 0.322 e. The molecule has 12 heteroatoms. The number of piperidine rings is 1. The first kappa shape index (κ1) is 30.7. The average molecular weight is 623 g/mol. The minimum Gasteiger partial charge on any atom is -0.322 e. The number of carbonyl (C=O) groups excluding carboxylic acids is 1. The van der Waals surface area contributed by atoms with Crippen molar-refractivity contribution in [2.45, 2.75) is 31.5 Å². The number of rotatable bonds is 6. The summed E-state index contributed by atoms with van der Waals surface area (Å²) in [7, 11) is 0. The summed E-state index contributed by atoms with van der Waals surface area (Å²) in [4.78, 5) is 27.4. The van der Waals surface area contributed by atoms with E-state index in [1.54, 1.807) is 12.4 Å². The van der Waals surface area contributed by atoms with Crippen LogP contribution in [0.4, 0.5) is 18.9 Å². The molecule has 0 aliphatic carbocycles. The van der Waals surface area contributed by atoms with Gasteiger partial charge in [0, 0.05) is 41.9 Å². The Kier molecular flexibility index (Phi) is 9.86. The molecular formula is C29H25Cl3F3N5O. The van der Waals surface area contributed by atoms with Gasteiger partial charge < -0.3 is 5.32 Å². The normalized spacial score (nSPS) is 14.4. The Morgan fingerprint density at radius 3 is 2.27 bits per heavy atom. The van der Waals surface area contributed by atoms with Crippen LogP contribution in [-0.2, 0) is 12.7 Å². The molecule has 0 spiro atoms. The molecule has 1 aliphatic rings. The first-order chi connectivity index (χ1) is 19.2. The second kappa shape index (κ2) is 13.2. The Balaban J connectivity index is 0.00000387. The van der Waals surface area contributed by atoms with E-state index in [0.29, 0.717) is 54.6 Å². The molecule has 1 N–H and O–H groups in total. The minimum atomic E-state index is -4.49. The molecule has 41 heavy (non-hydrogen) atoms. The van der Waals surface area contributed by atoms with Gasteiger partial charge >= 0.3 is 6.18 Å². The predicted molar refractivity (Wildman–Crippen MR) is 156 cm³/mol. The van der Waals surface area contributed by atoms with Crippen molar-refractivity contribution in [3.63, 3.8) is 0 Å². The summed E-state index contributed by atoms with van der Waals surface area (Å²) in [6.45, 7) is 2.12. The van der Waals surface area contributed by atoms with Crippen LogP contribution in [0.1, 0.15) is 45.8 Å². The van der Waals surface area contributed by atoms with Crippen LogP contribution < -0.4 is 5.32 Å². The Hall–Kier alpha value is -3.24. The number of anilines is 1. The van der Waals surface area contributed by atoms with Crippen LogP contribution in [-0.4, -0.2) is 38.8 Å². The van der Waals surface area contributed by atoms with Crippen molar-refractivity contribution in [2.75, 3.05) is 18.4 Å². The van der Waals surface area contributed by atoms with Crippen molar-refractivity contribution in [2.24, 2.45) is 0 Å². The molecule has 0 saturated carbocycles. The van der Waals surface area contributed by atoms with Crippen molar-refractivity contribution in [1.29, 1.82) is 0 Å². The summed E-state index contributed by atoms with van der Waals surface area (Å²) in [5.41, 5.74) is 2.38. The maximum atomic E-state index is 13.6. The molecule has 5 rings (SSSR count). The van der Waals surface area contributed by atoms with Crippen LogP contribution in [0.15, 0.2) is 73.2 Å². The lowest BCUT2D eigenvalue weighted by Gasteiger charge is -2.33. The van der Waals surface area contributed by atoms with Crippen LogP contribution >= 0.6 is 35.6 Å². The van der Waals surface area contributed by atoms with Crippen LogP contribution in [0.25, 0.3) is 11.4 Å². The highest BCUT2D eigenvalue weighted by atomic mass is 35.5. The maximum absolute atomic E-state index is 13.6. The van der Waals surface area contributed by atoms with Crippen molar-refractivity contribution in [3.05, 3.63) is 106 Å². The fourth-order valence-electron chi connectivity index (χ4n) is 4.81. The number of amides is 1. The molecule has 2 aromatic carbocycles. The van der Waals surface area contributed by atoms with E-state index in [0.717, 1.165) is 23.3 Å². The molecular weight excluding hydrogens is 598 g/mol. The molecule has 1 fully saturated rings. The number of pyridine rings is 1. The summed E-state index contributed by atoms with van der Waals surface area (Å²) in [5.74, 6) is -0.0118. The third-order valence-electron chi connectivity index (χ3n) is 6.88. The van der Waals surface area contributed by atoms with Crippen LogP contribution in [0.5, 0.6) is 0 Å². The number of nitrogens with one attached hydrogen (secondary N) is 1. The topological polar surface area (TPSA) is 71.0 Å². The first-order valence-electron chi connectivity index (χ1n) is 12.6. The van der Waals surface area contributed by atoms with Crippen LogP contribution in [0.2, 0.25) is 10.2 Å². The Morgan fingerprint density at radius 1 is 0.951 bits per heavy atom. The predicted octanol–water partition coefficient (Wildman–Crippen LogP) is 7.92. The van der Waals surface area contributed by atoms with E-state index in [1.807, 2.05) is 24.3 Å². The number of aromatic nitrogens is 3. The van der Waals surface area contributed by atoms with E-state index >= 15 is 0 Å². The van der Waals surface area contributed by atoms with Crippen LogP contribution in [0, 0.1) is 0 Å². The zero-order valence-electron chi connectivity index (χ0n) is 21.5. The van der Waals surface area contributed by atoms with E-state index in [4.69, 9.17) is 23.2 Å². The fourth-order valence-corrected chi connectivity index (χ4v) is 5.08. The van der Waals surface area contributed by atoms with Gasteiger partial charge in [-0.2, -0.15) is 13.2 Å². The number of alkyl halides is 3. The number of hydrogen-bond acceptors (Lipinski definition) is 5. The summed E-state index contributed by atoms with van der Waals surface area (Å²) in [6, 6.07) is 14.3. The first-order valence-corrected chi connectivity index (χ1v) is 13.3. The highest BCUT2D eigenvalue weighted by molar-refractivity contribution is 6.30. The van der Waals surface area contributed by atoms with E-state index in [2.05, 4.69) is 25.2 Å². The van der Waals surface area contributed by atoms with Crippen molar-refractivity contribution in [3.8, 4) is 11.4 Å². The van der Waals surface area contributed by atoms with E-state index in [-0.39, 0.29) is 29.0 Å². The molecule has 1 aliphatic heterocycles. The number of halogens is 6. The molecule has 3 heterocycles. The molecule has 0 unspecified atom stereocenters. The van der Waals surface area contributed by atoms with Gasteiger partial charge in [0.1, 0.15) is 5.15 Å². The Morgan fingerprint density at radius 2 is 1.63 bits per heavy atom. The molecule has 214 valence electrons. The third-order valence-corrected chi connectivity index (χ3v) is 7.28. The van der Waals surface area contributed by atoms with Crippen molar-refractivity contribution in [1.82, 2.24) is 19.9 Å². The molecule has 0 radical (unpaired) electrons. The number of hydrogen-bond donors (Lipinski definition) is 1. The summed E-state index contributed by atoms with van der Waals surface area (Å²) < 4.78 is 40.7. The summed E-state index contributed by atoms with van der Waals surface area (Å²) in [6.07, 6.45) is 1.33. The number of nitrogens with zero attached hydrogens (tertiary/aromatic N) is 4. The quantitative estimate of drug-likeness (QED) is 0.221. The van der Waals surface area contributed by atoms with Crippen molar-refractivity contribution < 1.29 is 18.0 Å². The highest BCUT2D eigenvalue weighted by Gasteiger charge is 2.33. The highest BCUT2D eigenvalue weighted by Crippen LogP contribution is 2.38. The fraction of sp³-hybridized carbons (Fsp3) is 0.241. The van der Waals surface area contributed by atoms with Gasteiger partial charge in [0.05, 0.1) is 10.6 Å². The zero-order chi connectivity index (χ0) is 28.3. The van der Waals surface area contributed by atoms with Gasteiger partial charge in [-0.1, -0.05) is 47.5 Å². The van der Waals surface area contributed by atoms with Gasteiger partial charge in [0.25, 0.3) is 5.91 Å². The van der Waals surface area contributed by atoms with Crippen molar-refractivity contribution >= 4 is 47.2 Å². The van der Waals surface area contributed by atoms with Gasteiger partial charge in [-0.25, -0.2) is 15.0 Å². The van der Waals surface area contributed by atoms with E-state index in [9.17, 15) is 18.0 Å². The lowest BCUT2D eigenvalue weighted by Crippen LogP contribution is -2.32. The molecule has 4 aromatic rings. The maximum Gasteiger partial charge on any atom is 0.416 e. The molecule has 0 bridgehead atoms. The second-order valence-electron chi connectivity index (χ2n) is 9.59. The van der Waals surface area contributed by atoms with Gasteiger partial charge in [0.2, 0.25) is 0 Å². The van der Waals surface area contributed by atoms with Gasteiger partial charge in [-0.3, -0.25) is 9.69 Å².